The number of anilines is 1. The number of allylic oxidation sites excluding steroid dienone is 1. The zero-order valence-corrected chi connectivity index (χ0v) is 26.2. The molecule has 0 saturated heterocycles. The molecule has 8 nitrogen and oxygen atoms in total. The van der Waals surface area contributed by atoms with Crippen molar-refractivity contribution >= 4 is 33.2 Å². The highest BCUT2D eigenvalue weighted by Crippen LogP contribution is 2.47. The van der Waals surface area contributed by atoms with E-state index in [4.69, 9.17) is 21.1 Å². The molecule has 2 aromatic rings. The van der Waals surface area contributed by atoms with Gasteiger partial charge in [-0.1, -0.05) is 29.8 Å². The second-order valence-corrected chi connectivity index (χ2v) is 15.0. The van der Waals surface area contributed by atoms with E-state index in [2.05, 4.69) is 27.8 Å². The Kier molecular flexibility index (Phi) is 8.79. The fourth-order valence-corrected chi connectivity index (χ4v) is 9.17. The van der Waals surface area contributed by atoms with E-state index < -0.39 is 21.2 Å². The molecular weight excluding hydrogens is 588 g/mol. The molecule has 0 radical (unpaired) electrons. The van der Waals surface area contributed by atoms with E-state index >= 15 is 0 Å². The Labute approximate surface area is 259 Å². The molecule has 0 unspecified atom stereocenters. The Balaban J connectivity index is 1.42. The number of nitrogens with one attached hydrogen (secondary N) is 1. The van der Waals surface area contributed by atoms with Crippen LogP contribution in [0.4, 0.5) is 5.69 Å². The Morgan fingerprint density at radius 1 is 1.19 bits per heavy atom. The number of methoxy groups -OCH3 is 1. The number of halogens is 1. The summed E-state index contributed by atoms with van der Waals surface area (Å²) in [6.07, 6.45) is 9.95. The number of ether oxygens (including phenoxy) is 2. The molecule has 2 aromatic carbocycles. The second-order valence-electron chi connectivity index (χ2n) is 12.6. The summed E-state index contributed by atoms with van der Waals surface area (Å²) in [6.45, 7) is 1.72. The van der Waals surface area contributed by atoms with Crippen molar-refractivity contribution in [2.75, 3.05) is 38.3 Å². The lowest BCUT2D eigenvalue weighted by atomic mass is 9.68. The summed E-state index contributed by atoms with van der Waals surface area (Å²) >= 11 is 6.40. The predicted molar refractivity (Wildman–Crippen MR) is 167 cm³/mol. The number of hydrogen-bond acceptors (Lipinski definition) is 7. The van der Waals surface area contributed by atoms with Gasteiger partial charge in [-0.25, -0.2) is 13.1 Å². The largest absolute Gasteiger partial charge is 0.490 e. The first-order valence-electron chi connectivity index (χ1n) is 15.4. The van der Waals surface area contributed by atoms with E-state index in [1.165, 1.54) is 11.1 Å². The Hall–Kier alpha value is -2.59. The topological polar surface area (TPSA) is 105 Å². The minimum absolute atomic E-state index is 0.0510. The van der Waals surface area contributed by atoms with Gasteiger partial charge in [0.25, 0.3) is 5.91 Å². The standard InChI is InChI=1S/C33H41ClN2O6S/c1-41-30-7-3-2-6-26(14-16-37)43(39,40)35-32(38)23-9-13-31-29(18-23)36(19-24-8-11-27(24)30)20-33(21-42-31)15-4-5-22-17-25(34)10-12-28(22)33/h3,7,9-10,12-13,17-18,24,26-27,30,37H,2,4-6,8,11,14-16,19-21H2,1H3,(H,35,38)/b7-3-/t24-,26+,27+,30-,33-/m0/s1. The van der Waals surface area contributed by atoms with E-state index in [0.717, 1.165) is 49.4 Å². The van der Waals surface area contributed by atoms with Crippen LogP contribution in [0, 0.1) is 11.8 Å². The molecule has 1 saturated carbocycles. The second kappa shape index (κ2) is 12.4. The number of sulfonamides is 1. The number of rotatable bonds is 3. The number of nitrogens with zero attached hydrogens (tertiary/aromatic N) is 1. The quantitative estimate of drug-likeness (QED) is 0.460. The number of carbonyl (C=O) groups is 1. The van der Waals surface area contributed by atoms with Crippen LogP contribution in [0.1, 0.15) is 66.4 Å². The van der Waals surface area contributed by atoms with E-state index in [1.54, 1.807) is 25.3 Å². The zero-order valence-electron chi connectivity index (χ0n) is 24.6. The van der Waals surface area contributed by atoms with Crippen molar-refractivity contribution in [2.45, 2.75) is 68.1 Å². The van der Waals surface area contributed by atoms with Gasteiger partial charge in [-0.2, -0.15) is 0 Å². The molecule has 1 amide bonds. The van der Waals surface area contributed by atoms with Crippen molar-refractivity contribution in [1.29, 1.82) is 0 Å². The van der Waals surface area contributed by atoms with Crippen LogP contribution in [0.25, 0.3) is 0 Å². The van der Waals surface area contributed by atoms with Crippen molar-refractivity contribution in [1.82, 2.24) is 4.72 Å². The summed E-state index contributed by atoms with van der Waals surface area (Å²) in [5.74, 6) is 0.735. The molecule has 2 aliphatic heterocycles. The van der Waals surface area contributed by atoms with E-state index in [0.29, 0.717) is 43.6 Å². The van der Waals surface area contributed by atoms with Gasteiger partial charge in [0, 0.05) is 42.8 Å². The van der Waals surface area contributed by atoms with Gasteiger partial charge in [-0.3, -0.25) is 4.79 Å². The van der Waals surface area contributed by atoms with Gasteiger partial charge in [-0.15, -0.1) is 0 Å². The first kappa shape index (κ1) is 30.4. The van der Waals surface area contributed by atoms with E-state index in [1.807, 2.05) is 12.1 Å². The lowest BCUT2D eigenvalue weighted by Gasteiger charge is -2.46. The van der Waals surface area contributed by atoms with Crippen molar-refractivity contribution < 1.29 is 27.8 Å². The third kappa shape index (κ3) is 6.06. The van der Waals surface area contributed by atoms with Gasteiger partial charge in [0.1, 0.15) is 5.75 Å². The first-order valence-corrected chi connectivity index (χ1v) is 17.3. The maximum atomic E-state index is 13.4. The van der Waals surface area contributed by atoms with Crippen LogP contribution in [-0.4, -0.2) is 64.2 Å². The molecule has 5 atom stereocenters. The van der Waals surface area contributed by atoms with Crippen LogP contribution in [0.2, 0.25) is 5.02 Å². The zero-order chi connectivity index (χ0) is 30.2. The third-order valence-electron chi connectivity index (χ3n) is 10.0. The third-order valence-corrected chi connectivity index (χ3v) is 12.1. The molecular formula is C33H41ClN2O6S. The number of amides is 1. The summed E-state index contributed by atoms with van der Waals surface area (Å²) in [5, 5.41) is 9.42. The monoisotopic (exact) mass is 628 g/mol. The van der Waals surface area contributed by atoms with Gasteiger partial charge < -0.3 is 19.5 Å². The molecule has 2 aliphatic carbocycles. The Morgan fingerprint density at radius 3 is 2.81 bits per heavy atom. The highest BCUT2D eigenvalue weighted by Gasteiger charge is 2.44. The molecule has 6 rings (SSSR count). The number of aliphatic hydroxyl groups excluding tert-OH is 1. The van der Waals surface area contributed by atoms with Crippen LogP contribution in [0.15, 0.2) is 48.6 Å². The summed E-state index contributed by atoms with van der Waals surface area (Å²) in [5.41, 5.74) is 3.34. The average molecular weight is 629 g/mol. The summed E-state index contributed by atoms with van der Waals surface area (Å²) in [4.78, 5) is 15.8. The molecule has 2 heterocycles. The van der Waals surface area contributed by atoms with E-state index in [-0.39, 0.29) is 30.1 Å². The van der Waals surface area contributed by atoms with Gasteiger partial charge in [0.15, 0.2) is 0 Å². The number of aryl methyl sites for hydroxylation is 1. The maximum absolute atomic E-state index is 13.4. The fraction of sp³-hybridized carbons (Fsp3) is 0.545. The number of benzene rings is 2. The first-order chi connectivity index (χ1) is 20.7. The van der Waals surface area contributed by atoms with Crippen LogP contribution >= 0.6 is 11.6 Å². The summed E-state index contributed by atoms with van der Waals surface area (Å²) in [7, 11) is -2.29. The average Bonchev–Trinajstić information content (AvgIpc) is 3.12. The number of aliphatic hydroxyl groups is 1. The summed E-state index contributed by atoms with van der Waals surface area (Å²) in [6, 6.07) is 11.4. The summed E-state index contributed by atoms with van der Waals surface area (Å²) < 4.78 is 41.3. The van der Waals surface area contributed by atoms with Gasteiger partial charge >= 0.3 is 0 Å². The molecule has 0 aromatic heterocycles. The molecule has 232 valence electrons. The maximum Gasteiger partial charge on any atom is 0.264 e. The normalized spacial score (nSPS) is 31.0. The fourth-order valence-electron chi connectivity index (χ4n) is 7.57. The molecule has 1 spiro atoms. The van der Waals surface area contributed by atoms with Gasteiger partial charge in [0.2, 0.25) is 10.0 Å². The number of hydrogen-bond donors (Lipinski definition) is 2. The highest BCUT2D eigenvalue weighted by atomic mass is 35.5. The minimum Gasteiger partial charge on any atom is -0.490 e. The van der Waals surface area contributed by atoms with Crippen LogP contribution < -0.4 is 14.4 Å². The number of fused-ring (bicyclic) bond motifs is 4. The van der Waals surface area contributed by atoms with Crippen molar-refractivity contribution in [2.24, 2.45) is 11.8 Å². The van der Waals surface area contributed by atoms with Crippen molar-refractivity contribution in [3.8, 4) is 5.75 Å². The molecule has 2 N–H and O–H groups in total. The van der Waals surface area contributed by atoms with Crippen LogP contribution in [-0.2, 0) is 26.6 Å². The SMILES string of the molecule is CO[C@H]1/C=C\CC[C@H](CCO)S(=O)(=O)NC(=O)c2ccc3c(c2)N(C[C@@H]2CC[C@H]21)C[C@@]1(CCCc2cc(Cl)ccc21)CO3. The van der Waals surface area contributed by atoms with Crippen LogP contribution in [0.3, 0.4) is 0 Å². The highest BCUT2D eigenvalue weighted by molar-refractivity contribution is 7.90. The molecule has 2 bridgehead atoms. The molecule has 4 aliphatic rings. The van der Waals surface area contributed by atoms with Crippen molar-refractivity contribution in [3.05, 3.63) is 70.3 Å². The molecule has 1 fully saturated rings. The van der Waals surface area contributed by atoms with Crippen LogP contribution in [0.5, 0.6) is 5.75 Å². The predicted octanol–water partition coefficient (Wildman–Crippen LogP) is 5.01. The van der Waals surface area contributed by atoms with E-state index in [9.17, 15) is 18.3 Å². The lowest BCUT2D eigenvalue weighted by molar-refractivity contribution is 0.0132. The number of carbonyl (C=O) groups excluding carboxylic acids is 1. The minimum atomic E-state index is -4.02. The lowest BCUT2D eigenvalue weighted by Crippen LogP contribution is -2.49. The van der Waals surface area contributed by atoms with Gasteiger partial charge in [0.05, 0.1) is 23.6 Å². The molecule has 10 heteroatoms. The molecule has 43 heavy (non-hydrogen) atoms. The van der Waals surface area contributed by atoms with Crippen molar-refractivity contribution in [3.63, 3.8) is 0 Å². The Bertz CT molecular complexity index is 1500. The smallest absolute Gasteiger partial charge is 0.264 e. The Morgan fingerprint density at radius 2 is 2.05 bits per heavy atom. The van der Waals surface area contributed by atoms with Gasteiger partial charge in [-0.05, 0) is 105 Å².